The van der Waals surface area contributed by atoms with Crippen LogP contribution in [0.1, 0.15) is 26.3 Å². The van der Waals surface area contributed by atoms with Crippen molar-refractivity contribution in [2.75, 3.05) is 0 Å². The summed E-state index contributed by atoms with van der Waals surface area (Å²) in [6.07, 6.45) is 0.601. The van der Waals surface area contributed by atoms with Crippen LogP contribution < -0.4 is 4.74 Å². The van der Waals surface area contributed by atoms with Crippen molar-refractivity contribution in [1.29, 1.82) is 0 Å². The highest BCUT2D eigenvalue weighted by molar-refractivity contribution is 6.30. The highest BCUT2D eigenvalue weighted by atomic mass is 35.5. The second kappa shape index (κ2) is 5.67. The van der Waals surface area contributed by atoms with E-state index in [1.807, 2.05) is 19.1 Å². The van der Waals surface area contributed by atoms with Gasteiger partial charge in [0.2, 0.25) is 0 Å². The SMILES string of the molecule is Cc1ccc(C(=O)Oc2ccc(Cl)cc2C=O)cc1. The number of hydrogen-bond donors (Lipinski definition) is 0. The molecule has 2 rings (SSSR count). The van der Waals surface area contributed by atoms with Gasteiger partial charge in [-0.2, -0.15) is 0 Å². The fourth-order valence-corrected chi connectivity index (χ4v) is 1.73. The smallest absolute Gasteiger partial charge is 0.343 e. The molecule has 0 saturated carbocycles. The van der Waals surface area contributed by atoms with Crippen molar-refractivity contribution < 1.29 is 14.3 Å². The van der Waals surface area contributed by atoms with Gasteiger partial charge in [0.05, 0.1) is 11.1 Å². The van der Waals surface area contributed by atoms with Crippen LogP contribution in [0, 0.1) is 6.92 Å². The van der Waals surface area contributed by atoms with Gasteiger partial charge in [-0.1, -0.05) is 29.3 Å². The van der Waals surface area contributed by atoms with E-state index < -0.39 is 5.97 Å². The van der Waals surface area contributed by atoms with Crippen molar-refractivity contribution in [3.05, 3.63) is 64.2 Å². The minimum atomic E-state index is -0.509. The highest BCUT2D eigenvalue weighted by Gasteiger charge is 2.11. The number of aryl methyl sites for hydroxylation is 1. The number of carbonyl (C=O) groups excluding carboxylic acids is 2. The number of aldehydes is 1. The first-order chi connectivity index (χ1) is 9.10. The Morgan fingerprint density at radius 1 is 1.16 bits per heavy atom. The third-order valence-corrected chi connectivity index (χ3v) is 2.82. The molecular weight excluding hydrogens is 264 g/mol. The van der Waals surface area contributed by atoms with E-state index in [9.17, 15) is 9.59 Å². The van der Waals surface area contributed by atoms with Crippen molar-refractivity contribution in [3.8, 4) is 5.75 Å². The summed E-state index contributed by atoms with van der Waals surface area (Å²) >= 11 is 5.77. The Kier molecular flexibility index (Phi) is 3.97. The average molecular weight is 275 g/mol. The predicted octanol–water partition coefficient (Wildman–Crippen LogP) is 3.68. The number of rotatable bonds is 3. The molecule has 19 heavy (non-hydrogen) atoms. The Balaban J connectivity index is 2.23. The fourth-order valence-electron chi connectivity index (χ4n) is 1.55. The van der Waals surface area contributed by atoms with Crippen LogP contribution in [0.5, 0.6) is 5.75 Å². The Morgan fingerprint density at radius 2 is 1.84 bits per heavy atom. The third-order valence-electron chi connectivity index (χ3n) is 2.59. The van der Waals surface area contributed by atoms with Crippen molar-refractivity contribution in [1.82, 2.24) is 0 Å². The van der Waals surface area contributed by atoms with E-state index in [0.717, 1.165) is 5.56 Å². The first kappa shape index (κ1) is 13.3. The average Bonchev–Trinajstić information content (AvgIpc) is 2.41. The van der Waals surface area contributed by atoms with Gasteiger partial charge >= 0.3 is 5.97 Å². The van der Waals surface area contributed by atoms with Gasteiger partial charge in [0, 0.05) is 5.02 Å². The van der Waals surface area contributed by atoms with Gasteiger partial charge in [0.25, 0.3) is 0 Å². The normalized spacial score (nSPS) is 10.0. The molecule has 0 spiro atoms. The molecule has 2 aromatic carbocycles. The van der Waals surface area contributed by atoms with Crippen molar-refractivity contribution in [2.45, 2.75) is 6.92 Å². The number of benzene rings is 2. The van der Waals surface area contributed by atoms with Gasteiger partial charge in [-0.15, -0.1) is 0 Å². The van der Waals surface area contributed by atoms with Gasteiger partial charge in [0.1, 0.15) is 5.75 Å². The molecule has 0 heterocycles. The molecule has 0 radical (unpaired) electrons. The van der Waals surface area contributed by atoms with E-state index in [1.54, 1.807) is 18.2 Å². The van der Waals surface area contributed by atoms with Gasteiger partial charge in [-0.3, -0.25) is 4.79 Å². The van der Waals surface area contributed by atoms with Crippen molar-refractivity contribution in [3.63, 3.8) is 0 Å². The fraction of sp³-hybridized carbons (Fsp3) is 0.0667. The number of ether oxygens (including phenoxy) is 1. The highest BCUT2D eigenvalue weighted by Crippen LogP contribution is 2.22. The quantitative estimate of drug-likeness (QED) is 0.487. The first-order valence-electron chi connectivity index (χ1n) is 5.64. The van der Waals surface area contributed by atoms with Crippen molar-refractivity contribution in [2.24, 2.45) is 0 Å². The summed E-state index contributed by atoms with van der Waals surface area (Å²) < 4.78 is 5.19. The van der Waals surface area contributed by atoms with E-state index in [-0.39, 0.29) is 11.3 Å². The summed E-state index contributed by atoms with van der Waals surface area (Å²) in [4.78, 5) is 22.8. The maximum atomic E-state index is 11.9. The number of esters is 1. The molecule has 3 nitrogen and oxygen atoms in total. The molecule has 96 valence electrons. The van der Waals surface area contributed by atoms with Gasteiger partial charge in [-0.25, -0.2) is 4.79 Å². The second-order valence-electron chi connectivity index (χ2n) is 4.06. The summed E-state index contributed by atoms with van der Waals surface area (Å²) in [6, 6.07) is 11.5. The topological polar surface area (TPSA) is 43.4 Å². The van der Waals surface area contributed by atoms with Gasteiger partial charge in [-0.05, 0) is 37.3 Å². The predicted molar refractivity (Wildman–Crippen MR) is 73.0 cm³/mol. The molecule has 0 atom stereocenters. The molecular formula is C15H11ClO3. The molecule has 0 unspecified atom stereocenters. The Labute approximate surface area is 115 Å². The summed E-state index contributed by atoms with van der Waals surface area (Å²) in [6.45, 7) is 1.93. The molecule has 0 aromatic heterocycles. The molecule has 0 aliphatic heterocycles. The third kappa shape index (κ3) is 3.20. The lowest BCUT2D eigenvalue weighted by molar-refractivity contribution is 0.0733. The van der Waals surface area contributed by atoms with Crippen LogP contribution in [0.2, 0.25) is 5.02 Å². The summed E-state index contributed by atoms with van der Waals surface area (Å²) in [5, 5.41) is 0.414. The van der Waals surface area contributed by atoms with Gasteiger partial charge in [0.15, 0.2) is 6.29 Å². The Morgan fingerprint density at radius 3 is 2.47 bits per heavy atom. The van der Waals surface area contributed by atoms with Gasteiger partial charge < -0.3 is 4.74 Å². The molecule has 0 fully saturated rings. The lowest BCUT2D eigenvalue weighted by atomic mass is 10.1. The minimum Gasteiger partial charge on any atom is -0.422 e. The molecule has 0 N–H and O–H groups in total. The summed E-state index contributed by atoms with van der Waals surface area (Å²) in [5.41, 5.74) is 1.72. The number of halogens is 1. The Hall–Kier alpha value is -2.13. The molecule has 0 aliphatic carbocycles. The zero-order valence-electron chi connectivity index (χ0n) is 10.2. The largest absolute Gasteiger partial charge is 0.422 e. The van der Waals surface area contributed by atoms with Crippen LogP contribution >= 0.6 is 11.6 Å². The summed E-state index contributed by atoms with van der Waals surface area (Å²) in [5.74, 6) is -0.310. The van der Waals surface area contributed by atoms with Crippen LogP contribution in [-0.4, -0.2) is 12.3 Å². The maximum Gasteiger partial charge on any atom is 0.343 e. The molecule has 0 aliphatic rings. The lowest BCUT2D eigenvalue weighted by Gasteiger charge is -2.07. The number of hydrogen-bond acceptors (Lipinski definition) is 3. The van der Waals surface area contributed by atoms with E-state index in [1.165, 1.54) is 12.1 Å². The number of carbonyl (C=O) groups is 2. The van der Waals surface area contributed by atoms with Crippen LogP contribution in [0.4, 0.5) is 0 Å². The second-order valence-corrected chi connectivity index (χ2v) is 4.49. The molecule has 0 bridgehead atoms. The van der Waals surface area contributed by atoms with Crippen molar-refractivity contribution >= 4 is 23.9 Å². The summed E-state index contributed by atoms with van der Waals surface area (Å²) in [7, 11) is 0. The van der Waals surface area contributed by atoms with Crippen LogP contribution in [-0.2, 0) is 0 Å². The van der Waals surface area contributed by atoms with Crippen LogP contribution in [0.15, 0.2) is 42.5 Å². The minimum absolute atomic E-state index is 0.199. The van der Waals surface area contributed by atoms with E-state index in [4.69, 9.17) is 16.3 Å². The molecule has 0 saturated heterocycles. The van der Waals surface area contributed by atoms with Crippen LogP contribution in [0.25, 0.3) is 0 Å². The zero-order valence-corrected chi connectivity index (χ0v) is 11.0. The van der Waals surface area contributed by atoms with E-state index >= 15 is 0 Å². The molecule has 2 aromatic rings. The maximum absolute atomic E-state index is 11.9. The first-order valence-corrected chi connectivity index (χ1v) is 6.01. The standard InChI is InChI=1S/C15H11ClO3/c1-10-2-4-11(5-3-10)15(18)19-14-7-6-13(16)8-12(14)9-17/h2-9H,1H3. The lowest BCUT2D eigenvalue weighted by Crippen LogP contribution is -2.09. The zero-order chi connectivity index (χ0) is 13.8. The van der Waals surface area contributed by atoms with E-state index in [0.29, 0.717) is 16.9 Å². The molecule has 0 amide bonds. The monoisotopic (exact) mass is 274 g/mol. The van der Waals surface area contributed by atoms with E-state index in [2.05, 4.69) is 0 Å². The van der Waals surface area contributed by atoms with Crippen LogP contribution in [0.3, 0.4) is 0 Å². The Bertz CT molecular complexity index is 618. The molecule has 4 heteroatoms.